The van der Waals surface area contributed by atoms with Gasteiger partial charge in [-0.05, 0) is 62.9 Å². The molecule has 0 spiro atoms. The Balaban J connectivity index is 1.62. The number of carbonyl (C=O) groups is 2. The third-order valence-electron chi connectivity index (χ3n) is 5.95. The number of hydrazone groups is 1. The lowest BCUT2D eigenvalue weighted by molar-refractivity contribution is -0.134. The van der Waals surface area contributed by atoms with Crippen LogP contribution in [0.3, 0.4) is 0 Å². The number of nitrogens with zero attached hydrogens (tertiary/aromatic N) is 5. The smallest absolute Gasteiger partial charge is 0.254 e. The van der Waals surface area contributed by atoms with Gasteiger partial charge < -0.3 is 9.64 Å². The van der Waals surface area contributed by atoms with Gasteiger partial charge in [-0.3, -0.25) is 24.5 Å². The van der Waals surface area contributed by atoms with Crippen LogP contribution in [0.25, 0.3) is 0 Å². The van der Waals surface area contributed by atoms with E-state index in [-0.39, 0.29) is 31.0 Å². The van der Waals surface area contributed by atoms with Gasteiger partial charge in [-0.15, -0.1) is 0 Å². The molecule has 34 heavy (non-hydrogen) atoms. The van der Waals surface area contributed by atoms with Gasteiger partial charge >= 0.3 is 0 Å². The molecule has 0 radical (unpaired) electrons. The van der Waals surface area contributed by atoms with Crippen molar-refractivity contribution in [1.29, 1.82) is 0 Å². The highest BCUT2D eigenvalue weighted by molar-refractivity contribution is 6.36. The SMILES string of the molecule is CC1CCN(C(=O)CN2CC(=O)N(c3ccc(OC(C)C)cc3)C(c3ccncc3Cl)=N2)CC1. The van der Waals surface area contributed by atoms with Gasteiger partial charge in [-0.25, -0.2) is 0 Å². The summed E-state index contributed by atoms with van der Waals surface area (Å²) in [4.78, 5) is 33.7. The van der Waals surface area contributed by atoms with Crippen LogP contribution in [0, 0.1) is 5.92 Å². The summed E-state index contributed by atoms with van der Waals surface area (Å²) >= 11 is 6.43. The number of rotatable bonds is 6. The number of benzene rings is 1. The topological polar surface area (TPSA) is 78.3 Å². The van der Waals surface area contributed by atoms with E-state index in [1.807, 2.05) is 43.0 Å². The van der Waals surface area contributed by atoms with Crippen molar-refractivity contribution >= 4 is 34.9 Å². The van der Waals surface area contributed by atoms with Crippen molar-refractivity contribution in [1.82, 2.24) is 14.9 Å². The fourth-order valence-corrected chi connectivity index (χ4v) is 4.31. The van der Waals surface area contributed by atoms with Crippen LogP contribution in [0.15, 0.2) is 47.8 Å². The maximum Gasteiger partial charge on any atom is 0.254 e. The molecule has 0 unspecified atom stereocenters. The maximum absolute atomic E-state index is 13.4. The normalized spacial score (nSPS) is 17.3. The Bertz CT molecular complexity index is 1060. The number of piperidine rings is 1. The van der Waals surface area contributed by atoms with Crippen molar-refractivity contribution < 1.29 is 14.3 Å². The van der Waals surface area contributed by atoms with E-state index in [2.05, 4.69) is 11.9 Å². The molecule has 1 saturated heterocycles. The van der Waals surface area contributed by atoms with Gasteiger partial charge in [0.15, 0.2) is 5.84 Å². The van der Waals surface area contributed by atoms with E-state index in [0.29, 0.717) is 33.8 Å². The third kappa shape index (κ3) is 5.50. The Labute approximate surface area is 205 Å². The molecule has 9 heteroatoms. The summed E-state index contributed by atoms with van der Waals surface area (Å²) in [5.41, 5.74) is 1.21. The summed E-state index contributed by atoms with van der Waals surface area (Å²) in [5.74, 6) is 1.49. The first-order valence-electron chi connectivity index (χ1n) is 11.6. The number of likely N-dealkylation sites (tertiary alicyclic amines) is 1. The summed E-state index contributed by atoms with van der Waals surface area (Å²) in [6.07, 6.45) is 5.15. The number of amides is 2. The van der Waals surface area contributed by atoms with Crippen molar-refractivity contribution in [2.45, 2.75) is 39.7 Å². The van der Waals surface area contributed by atoms with Crippen molar-refractivity contribution in [3.8, 4) is 5.75 Å². The van der Waals surface area contributed by atoms with Gasteiger partial charge in [0.1, 0.15) is 18.8 Å². The van der Waals surface area contributed by atoms with E-state index in [9.17, 15) is 9.59 Å². The van der Waals surface area contributed by atoms with Gasteiger partial charge in [0.2, 0.25) is 5.91 Å². The first-order valence-corrected chi connectivity index (χ1v) is 12.0. The van der Waals surface area contributed by atoms with E-state index in [1.54, 1.807) is 12.3 Å². The molecule has 0 atom stereocenters. The van der Waals surface area contributed by atoms with E-state index in [1.165, 1.54) is 16.1 Å². The van der Waals surface area contributed by atoms with Crippen LogP contribution >= 0.6 is 11.6 Å². The zero-order chi connectivity index (χ0) is 24.2. The Morgan fingerprint density at radius 2 is 1.88 bits per heavy atom. The van der Waals surface area contributed by atoms with Crippen molar-refractivity contribution in [3.63, 3.8) is 0 Å². The van der Waals surface area contributed by atoms with Crippen molar-refractivity contribution in [2.75, 3.05) is 31.1 Å². The Morgan fingerprint density at radius 1 is 1.18 bits per heavy atom. The summed E-state index contributed by atoms with van der Waals surface area (Å²) in [6, 6.07) is 8.99. The van der Waals surface area contributed by atoms with Crippen molar-refractivity contribution in [2.24, 2.45) is 11.0 Å². The van der Waals surface area contributed by atoms with Gasteiger partial charge in [0.25, 0.3) is 5.91 Å². The van der Waals surface area contributed by atoms with E-state index in [4.69, 9.17) is 21.4 Å². The van der Waals surface area contributed by atoms with E-state index >= 15 is 0 Å². The average Bonchev–Trinajstić information content (AvgIpc) is 2.80. The van der Waals surface area contributed by atoms with Gasteiger partial charge in [-0.1, -0.05) is 18.5 Å². The van der Waals surface area contributed by atoms with E-state index in [0.717, 1.165) is 25.9 Å². The highest BCUT2D eigenvalue weighted by Gasteiger charge is 2.33. The number of ether oxygens (including phenoxy) is 1. The number of hydrogen-bond donors (Lipinski definition) is 0. The second-order valence-electron chi connectivity index (χ2n) is 9.05. The number of aromatic nitrogens is 1. The minimum absolute atomic E-state index is 0.00751. The summed E-state index contributed by atoms with van der Waals surface area (Å²) < 4.78 is 5.73. The first kappa shape index (κ1) is 24.0. The molecule has 8 nitrogen and oxygen atoms in total. The molecule has 4 rings (SSSR count). The first-order chi connectivity index (χ1) is 16.3. The monoisotopic (exact) mass is 483 g/mol. The van der Waals surface area contributed by atoms with Crippen LogP contribution in [-0.4, -0.2) is 64.8 Å². The van der Waals surface area contributed by atoms with Crippen LogP contribution in [0.4, 0.5) is 5.69 Å². The highest BCUT2D eigenvalue weighted by atomic mass is 35.5. The third-order valence-corrected chi connectivity index (χ3v) is 6.25. The Morgan fingerprint density at radius 3 is 2.53 bits per heavy atom. The van der Waals surface area contributed by atoms with Crippen molar-refractivity contribution in [3.05, 3.63) is 53.3 Å². The molecule has 0 bridgehead atoms. The molecular weight excluding hydrogens is 454 g/mol. The minimum Gasteiger partial charge on any atom is -0.491 e. The molecule has 180 valence electrons. The standard InChI is InChI=1S/C25H30ClN5O3/c1-17(2)34-20-6-4-19(5-7-20)31-24(33)16-30(15-23(32)29-12-9-18(3)10-13-29)28-25(31)21-8-11-27-14-22(21)26/h4-8,11,14,17-18H,9-10,12-13,15-16H2,1-3H3. The summed E-state index contributed by atoms with van der Waals surface area (Å²) in [5, 5.41) is 6.61. The number of pyridine rings is 1. The molecule has 3 heterocycles. The second kappa shape index (κ2) is 10.4. The number of halogens is 1. The zero-order valence-electron chi connectivity index (χ0n) is 19.8. The summed E-state index contributed by atoms with van der Waals surface area (Å²) in [7, 11) is 0. The molecule has 2 aliphatic rings. The Kier molecular flexibility index (Phi) is 7.36. The molecule has 1 aromatic carbocycles. The number of hydrogen-bond acceptors (Lipinski definition) is 6. The van der Waals surface area contributed by atoms with Crippen LogP contribution in [-0.2, 0) is 9.59 Å². The fraction of sp³-hybridized carbons (Fsp3) is 0.440. The predicted molar refractivity (Wildman–Crippen MR) is 132 cm³/mol. The van der Waals surface area contributed by atoms with Crippen LogP contribution in [0.1, 0.15) is 39.2 Å². The molecule has 0 saturated carbocycles. The van der Waals surface area contributed by atoms with Gasteiger partial charge in [0.05, 0.1) is 16.8 Å². The molecule has 1 fully saturated rings. The number of carbonyl (C=O) groups excluding carboxylic acids is 2. The van der Waals surface area contributed by atoms with Crippen LogP contribution in [0.2, 0.25) is 5.02 Å². The molecule has 0 aliphatic carbocycles. The number of anilines is 1. The predicted octanol–water partition coefficient (Wildman–Crippen LogP) is 3.79. The van der Waals surface area contributed by atoms with E-state index < -0.39 is 0 Å². The van der Waals surface area contributed by atoms with Crippen LogP contribution in [0.5, 0.6) is 5.75 Å². The molecule has 2 amide bonds. The maximum atomic E-state index is 13.4. The quantitative estimate of drug-likeness (QED) is 0.624. The number of amidine groups is 1. The molecule has 2 aromatic rings. The van der Waals surface area contributed by atoms with Crippen LogP contribution < -0.4 is 9.64 Å². The lowest BCUT2D eigenvalue weighted by Gasteiger charge is -2.35. The minimum atomic E-state index is -0.199. The van der Waals surface area contributed by atoms with Gasteiger partial charge in [-0.2, -0.15) is 5.10 Å². The average molecular weight is 484 g/mol. The largest absolute Gasteiger partial charge is 0.491 e. The fourth-order valence-electron chi connectivity index (χ4n) is 4.11. The lowest BCUT2D eigenvalue weighted by atomic mass is 9.99. The molecule has 1 aromatic heterocycles. The second-order valence-corrected chi connectivity index (χ2v) is 9.46. The molecular formula is C25H30ClN5O3. The molecule has 0 N–H and O–H groups in total. The lowest BCUT2D eigenvalue weighted by Crippen LogP contribution is -2.51. The summed E-state index contributed by atoms with van der Waals surface area (Å²) in [6.45, 7) is 7.64. The van der Waals surface area contributed by atoms with Gasteiger partial charge in [0, 0.05) is 31.0 Å². The molecule has 2 aliphatic heterocycles. The Hall–Kier alpha value is -3.13. The highest BCUT2D eigenvalue weighted by Crippen LogP contribution is 2.27. The zero-order valence-corrected chi connectivity index (χ0v) is 20.5.